The molecule has 130 valence electrons. The fourth-order valence-electron chi connectivity index (χ4n) is 2.75. The Bertz CT molecular complexity index is 998. The van der Waals surface area contributed by atoms with Crippen LogP contribution in [0, 0.1) is 0 Å². The molecule has 0 spiro atoms. The number of hydrogen-bond donors (Lipinski definition) is 1. The topological polar surface area (TPSA) is 77.8 Å². The Balaban J connectivity index is 1.51. The third-order valence-corrected chi connectivity index (χ3v) is 4.10. The summed E-state index contributed by atoms with van der Waals surface area (Å²) in [6, 6.07) is 13.8. The maximum Gasteiger partial charge on any atom is 0.170 e. The maximum atomic E-state index is 5.18. The molecule has 0 radical (unpaired) electrons. The third-order valence-electron chi connectivity index (χ3n) is 4.10. The lowest BCUT2D eigenvalue weighted by molar-refractivity contribution is 0.414. The van der Waals surface area contributed by atoms with E-state index in [1.165, 1.54) is 5.56 Å². The molecule has 0 aliphatic carbocycles. The average molecular weight is 346 g/mol. The molecule has 3 heterocycles. The van der Waals surface area contributed by atoms with Gasteiger partial charge in [-0.1, -0.05) is 18.2 Å². The zero-order valence-electron chi connectivity index (χ0n) is 14.3. The van der Waals surface area contributed by atoms with Gasteiger partial charge in [0.2, 0.25) is 0 Å². The predicted molar refractivity (Wildman–Crippen MR) is 99.6 cm³/mol. The van der Waals surface area contributed by atoms with Crippen LogP contribution in [0.2, 0.25) is 0 Å². The monoisotopic (exact) mass is 346 g/mol. The van der Waals surface area contributed by atoms with Crippen LogP contribution in [-0.4, -0.2) is 38.4 Å². The number of nitrogens with one attached hydrogen (secondary N) is 1. The molecule has 1 N–H and O–H groups in total. The number of ether oxygens (including phenoxy) is 1. The van der Waals surface area contributed by atoms with Crippen molar-refractivity contribution in [3.63, 3.8) is 0 Å². The number of aromatic nitrogens is 5. The molecule has 0 bridgehead atoms. The molecule has 1 aromatic carbocycles. The zero-order valence-corrected chi connectivity index (χ0v) is 14.3. The minimum Gasteiger partial charge on any atom is -0.497 e. The Morgan fingerprint density at radius 1 is 1.04 bits per heavy atom. The van der Waals surface area contributed by atoms with Crippen molar-refractivity contribution in [2.45, 2.75) is 6.42 Å². The molecule has 7 nitrogen and oxygen atoms in total. The molecule has 0 aliphatic heterocycles. The largest absolute Gasteiger partial charge is 0.497 e. The van der Waals surface area contributed by atoms with Crippen LogP contribution in [0.4, 0.5) is 5.82 Å². The molecule has 3 aromatic heterocycles. The van der Waals surface area contributed by atoms with E-state index in [0.29, 0.717) is 0 Å². The first kappa shape index (κ1) is 16.0. The summed E-state index contributed by atoms with van der Waals surface area (Å²) in [5.74, 6) is 2.36. The van der Waals surface area contributed by atoms with Crippen molar-refractivity contribution >= 4 is 16.9 Å². The summed E-state index contributed by atoms with van der Waals surface area (Å²) in [7, 11) is 1.67. The molecule has 4 rings (SSSR count). The van der Waals surface area contributed by atoms with Crippen molar-refractivity contribution in [2.24, 2.45) is 0 Å². The lowest BCUT2D eigenvalue weighted by atomic mass is 10.1. The number of rotatable bonds is 6. The number of methoxy groups -OCH3 is 1. The molecule has 0 amide bonds. The van der Waals surface area contributed by atoms with Crippen molar-refractivity contribution in [2.75, 3.05) is 19.0 Å². The van der Waals surface area contributed by atoms with Gasteiger partial charge in [-0.15, -0.1) is 0 Å². The summed E-state index contributed by atoms with van der Waals surface area (Å²) < 4.78 is 6.90. The molecule has 0 atom stereocenters. The van der Waals surface area contributed by atoms with Gasteiger partial charge < -0.3 is 10.1 Å². The van der Waals surface area contributed by atoms with Gasteiger partial charge in [0.15, 0.2) is 11.5 Å². The van der Waals surface area contributed by atoms with Gasteiger partial charge >= 0.3 is 0 Å². The molecule has 7 heteroatoms. The third kappa shape index (κ3) is 3.19. The van der Waals surface area contributed by atoms with Crippen molar-refractivity contribution in [1.82, 2.24) is 24.7 Å². The molecule has 0 saturated heterocycles. The van der Waals surface area contributed by atoms with Gasteiger partial charge in [0.25, 0.3) is 0 Å². The van der Waals surface area contributed by atoms with Crippen LogP contribution in [0.25, 0.3) is 16.9 Å². The fourth-order valence-corrected chi connectivity index (χ4v) is 2.75. The van der Waals surface area contributed by atoms with E-state index in [1.807, 2.05) is 30.3 Å². The summed E-state index contributed by atoms with van der Waals surface area (Å²) in [5, 5.41) is 8.65. The van der Waals surface area contributed by atoms with Crippen LogP contribution in [0.1, 0.15) is 5.56 Å². The Morgan fingerprint density at radius 2 is 1.92 bits per heavy atom. The van der Waals surface area contributed by atoms with Crippen molar-refractivity contribution in [3.8, 4) is 11.6 Å². The summed E-state index contributed by atoms with van der Waals surface area (Å²) >= 11 is 0. The predicted octanol–water partition coefficient (Wildman–Crippen LogP) is 2.87. The second-order valence-electron chi connectivity index (χ2n) is 5.73. The Morgan fingerprint density at radius 3 is 2.69 bits per heavy atom. The second-order valence-corrected chi connectivity index (χ2v) is 5.73. The highest BCUT2D eigenvalue weighted by atomic mass is 16.5. The van der Waals surface area contributed by atoms with Crippen LogP contribution in [-0.2, 0) is 6.42 Å². The van der Waals surface area contributed by atoms with E-state index in [2.05, 4.69) is 37.5 Å². The van der Waals surface area contributed by atoms with Crippen molar-refractivity contribution in [3.05, 3.63) is 66.7 Å². The minimum atomic E-state index is 0.727. The molecule has 0 fully saturated rings. The van der Waals surface area contributed by atoms with Crippen LogP contribution in [0.5, 0.6) is 5.75 Å². The highest BCUT2D eigenvalue weighted by Gasteiger charge is 2.11. The van der Waals surface area contributed by atoms with Crippen LogP contribution in [0.3, 0.4) is 0 Å². The minimum absolute atomic E-state index is 0.727. The quantitative estimate of drug-likeness (QED) is 0.578. The van der Waals surface area contributed by atoms with E-state index in [1.54, 1.807) is 30.5 Å². The Labute approximate surface area is 150 Å². The first-order chi connectivity index (χ1) is 12.8. The summed E-state index contributed by atoms with van der Waals surface area (Å²) in [6.07, 6.45) is 5.92. The van der Waals surface area contributed by atoms with Gasteiger partial charge in [0, 0.05) is 12.7 Å². The fraction of sp³-hybridized carbons (Fsp3) is 0.158. The highest BCUT2D eigenvalue weighted by molar-refractivity contribution is 5.86. The maximum absolute atomic E-state index is 5.18. The molecule has 4 aromatic rings. The van der Waals surface area contributed by atoms with Crippen LogP contribution < -0.4 is 10.1 Å². The Hall–Kier alpha value is -3.48. The summed E-state index contributed by atoms with van der Waals surface area (Å²) in [6.45, 7) is 0.757. The number of pyridine rings is 1. The highest BCUT2D eigenvalue weighted by Crippen LogP contribution is 2.20. The SMILES string of the molecule is COc1ccc(CCNc2ncnc3c2cnn3-c2ccccn2)cc1. The van der Waals surface area contributed by atoms with Gasteiger partial charge in [-0.05, 0) is 36.2 Å². The second kappa shape index (κ2) is 7.18. The lowest BCUT2D eigenvalue weighted by Crippen LogP contribution is -2.07. The van der Waals surface area contributed by atoms with E-state index in [-0.39, 0.29) is 0 Å². The first-order valence-corrected chi connectivity index (χ1v) is 8.32. The van der Waals surface area contributed by atoms with E-state index < -0.39 is 0 Å². The molecule has 26 heavy (non-hydrogen) atoms. The van der Waals surface area contributed by atoms with E-state index in [9.17, 15) is 0 Å². The van der Waals surface area contributed by atoms with Crippen molar-refractivity contribution in [1.29, 1.82) is 0 Å². The smallest absolute Gasteiger partial charge is 0.170 e. The van der Waals surface area contributed by atoms with Gasteiger partial charge in [-0.3, -0.25) is 0 Å². The van der Waals surface area contributed by atoms with Crippen molar-refractivity contribution < 1.29 is 4.74 Å². The molecular weight excluding hydrogens is 328 g/mol. The van der Waals surface area contributed by atoms with E-state index in [0.717, 1.165) is 41.4 Å². The molecule has 0 saturated carbocycles. The number of fused-ring (bicyclic) bond motifs is 1. The normalized spacial score (nSPS) is 10.8. The summed E-state index contributed by atoms with van der Waals surface area (Å²) in [5.41, 5.74) is 1.96. The zero-order chi connectivity index (χ0) is 17.8. The van der Waals surface area contributed by atoms with Crippen LogP contribution in [0.15, 0.2) is 61.2 Å². The number of nitrogens with zero attached hydrogens (tertiary/aromatic N) is 5. The molecule has 0 aliphatic rings. The van der Waals surface area contributed by atoms with Gasteiger partial charge in [-0.25, -0.2) is 15.0 Å². The summed E-state index contributed by atoms with van der Waals surface area (Å²) in [4.78, 5) is 13.0. The standard InChI is InChI=1S/C19H18N6O/c1-26-15-7-5-14(6-8-15)9-11-21-18-16-12-24-25(19(16)23-13-22-18)17-4-2-3-10-20-17/h2-8,10,12-13H,9,11H2,1H3,(H,21,22,23). The first-order valence-electron chi connectivity index (χ1n) is 8.32. The number of hydrogen-bond acceptors (Lipinski definition) is 6. The Kier molecular flexibility index (Phi) is 4.42. The molecular formula is C19H18N6O. The molecule has 0 unspecified atom stereocenters. The number of benzene rings is 1. The lowest BCUT2D eigenvalue weighted by Gasteiger charge is -2.07. The van der Waals surface area contributed by atoms with Gasteiger partial charge in [0.05, 0.1) is 18.7 Å². The van der Waals surface area contributed by atoms with Gasteiger partial charge in [0.1, 0.15) is 17.9 Å². The number of anilines is 1. The van der Waals surface area contributed by atoms with Crippen LogP contribution >= 0.6 is 0 Å². The van der Waals surface area contributed by atoms with Gasteiger partial charge in [-0.2, -0.15) is 9.78 Å². The van der Waals surface area contributed by atoms with E-state index >= 15 is 0 Å². The van der Waals surface area contributed by atoms with E-state index in [4.69, 9.17) is 4.74 Å². The average Bonchev–Trinajstić information content (AvgIpc) is 3.14.